The summed E-state index contributed by atoms with van der Waals surface area (Å²) in [6.07, 6.45) is 1.36. The maximum atomic E-state index is 13.4. The molecule has 0 radical (unpaired) electrons. The molecule has 38 heavy (non-hydrogen) atoms. The second-order valence-electron chi connectivity index (χ2n) is 13.0. The van der Waals surface area contributed by atoms with Gasteiger partial charge in [-0.1, -0.05) is 55.1 Å². The van der Waals surface area contributed by atoms with Gasteiger partial charge in [0.05, 0.1) is 12.1 Å². The predicted octanol–water partition coefficient (Wildman–Crippen LogP) is 4.23. The molecule has 0 aromatic heterocycles. The van der Waals surface area contributed by atoms with Crippen LogP contribution in [-0.2, 0) is 35.5 Å². The molecule has 2 N–H and O–H groups in total. The van der Waals surface area contributed by atoms with Crippen LogP contribution in [0.1, 0.15) is 63.8 Å². The average molecular weight is 517 g/mol. The Hall–Kier alpha value is -2.96. The van der Waals surface area contributed by atoms with Gasteiger partial charge in [-0.2, -0.15) is 0 Å². The van der Waals surface area contributed by atoms with Gasteiger partial charge in [-0.15, -0.1) is 0 Å². The number of hydrogen-bond donors (Lipinski definition) is 2. The van der Waals surface area contributed by atoms with Crippen molar-refractivity contribution in [3.8, 4) is 0 Å². The van der Waals surface area contributed by atoms with Crippen molar-refractivity contribution in [1.29, 1.82) is 0 Å². The Balaban J connectivity index is 1.53. The van der Waals surface area contributed by atoms with Gasteiger partial charge in [-0.25, -0.2) is 0 Å². The summed E-state index contributed by atoms with van der Waals surface area (Å²) in [6, 6.07) is 16.2. The van der Waals surface area contributed by atoms with E-state index < -0.39 is 0 Å². The first kappa shape index (κ1) is 28.1. The summed E-state index contributed by atoms with van der Waals surface area (Å²) in [7, 11) is 0. The summed E-state index contributed by atoms with van der Waals surface area (Å²) in [5.74, 6) is 0.100. The molecule has 2 aromatic carbocycles. The van der Waals surface area contributed by atoms with E-state index in [0.717, 1.165) is 5.57 Å². The summed E-state index contributed by atoms with van der Waals surface area (Å²) in [5.41, 5.74) is 5.39. The molecule has 0 bridgehead atoms. The van der Waals surface area contributed by atoms with Crippen molar-refractivity contribution >= 4 is 11.8 Å². The van der Waals surface area contributed by atoms with Crippen LogP contribution in [-0.4, -0.2) is 57.9 Å². The molecule has 204 valence electrons. The van der Waals surface area contributed by atoms with Crippen molar-refractivity contribution < 1.29 is 9.59 Å². The summed E-state index contributed by atoms with van der Waals surface area (Å²) >= 11 is 0. The van der Waals surface area contributed by atoms with E-state index in [9.17, 15) is 9.59 Å². The van der Waals surface area contributed by atoms with E-state index in [1.165, 1.54) is 22.3 Å². The largest absolute Gasteiger partial charge is 0.350 e. The van der Waals surface area contributed by atoms with Crippen molar-refractivity contribution in [2.45, 2.75) is 90.6 Å². The Morgan fingerprint density at radius 3 is 1.39 bits per heavy atom. The van der Waals surface area contributed by atoms with Crippen molar-refractivity contribution in [1.82, 2.24) is 20.4 Å². The van der Waals surface area contributed by atoms with Crippen LogP contribution in [0.15, 0.2) is 60.7 Å². The number of nitrogens with one attached hydrogen (secondary N) is 2. The zero-order valence-electron chi connectivity index (χ0n) is 23.9. The average Bonchev–Trinajstić information content (AvgIpc) is 2.81. The van der Waals surface area contributed by atoms with Crippen LogP contribution in [0, 0.1) is 0 Å². The molecule has 2 aliphatic rings. The number of rotatable bonds is 6. The van der Waals surface area contributed by atoms with E-state index in [2.05, 4.69) is 63.4 Å². The summed E-state index contributed by atoms with van der Waals surface area (Å²) in [5, 5.41) is 6.37. The zero-order valence-corrected chi connectivity index (χ0v) is 23.9. The van der Waals surface area contributed by atoms with E-state index >= 15 is 0 Å². The SMILES string of the molecule is C=C(CN1Cc2ccccc2CC1C(=O)NC(C)(C)C)CN1Cc2ccccc2CC1C(=O)NC(C)(C)C. The molecule has 2 heterocycles. The smallest absolute Gasteiger partial charge is 0.238 e. The first-order valence-electron chi connectivity index (χ1n) is 13.7. The van der Waals surface area contributed by atoms with E-state index in [4.69, 9.17) is 0 Å². The van der Waals surface area contributed by atoms with Crippen LogP contribution >= 0.6 is 0 Å². The molecule has 6 heteroatoms. The van der Waals surface area contributed by atoms with Gasteiger partial charge < -0.3 is 10.6 Å². The van der Waals surface area contributed by atoms with Crippen LogP contribution in [0.3, 0.4) is 0 Å². The van der Waals surface area contributed by atoms with Gasteiger partial charge in [0.15, 0.2) is 0 Å². The lowest BCUT2D eigenvalue weighted by Crippen LogP contribution is -2.56. The fraction of sp³-hybridized carbons (Fsp3) is 0.500. The van der Waals surface area contributed by atoms with E-state index in [0.29, 0.717) is 39.0 Å². The highest BCUT2D eigenvalue weighted by molar-refractivity contribution is 5.83. The molecule has 2 atom stereocenters. The Morgan fingerprint density at radius 1 is 0.711 bits per heavy atom. The fourth-order valence-corrected chi connectivity index (χ4v) is 5.53. The first-order valence-corrected chi connectivity index (χ1v) is 13.7. The zero-order chi connectivity index (χ0) is 27.7. The van der Waals surface area contributed by atoms with Crippen LogP contribution in [0.5, 0.6) is 0 Å². The van der Waals surface area contributed by atoms with Crippen LogP contribution < -0.4 is 10.6 Å². The molecule has 0 saturated carbocycles. The molecule has 2 amide bonds. The maximum absolute atomic E-state index is 13.4. The highest BCUT2D eigenvalue weighted by Crippen LogP contribution is 2.27. The highest BCUT2D eigenvalue weighted by atomic mass is 16.2. The molecule has 6 nitrogen and oxygen atoms in total. The van der Waals surface area contributed by atoms with E-state index in [1.807, 2.05) is 53.7 Å². The van der Waals surface area contributed by atoms with Crippen LogP contribution in [0.4, 0.5) is 0 Å². The van der Waals surface area contributed by atoms with Gasteiger partial charge in [0.25, 0.3) is 0 Å². The van der Waals surface area contributed by atoms with Gasteiger partial charge in [0.2, 0.25) is 11.8 Å². The van der Waals surface area contributed by atoms with Gasteiger partial charge in [-0.05, 0) is 82.2 Å². The third-order valence-electron chi connectivity index (χ3n) is 7.15. The lowest BCUT2D eigenvalue weighted by Gasteiger charge is -2.40. The number of hydrogen-bond acceptors (Lipinski definition) is 4. The Kier molecular flexibility index (Phi) is 8.15. The lowest BCUT2D eigenvalue weighted by molar-refractivity contribution is -0.128. The van der Waals surface area contributed by atoms with Crippen molar-refractivity contribution in [2.24, 2.45) is 0 Å². The molecule has 0 aliphatic carbocycles. The number of nitrogens with zero attached hydrogens (tertiary/aromatic N) is 2. The fourth-order valence-electron chi connectivity index (χ4n) is 5.53. The summed E-state index contributed by atoms with van der Waals surface area (Å²) in [4.78, 5) is 31.2. The monoisotopic (exact) mass is 516 g/mol. The number of benzene rings is 2. The van der Waals surface area contributed by atoms with Gasteiger partial charge in [0.1, 0.15) is 0 Å². The molecule has 0 saturated heterocycles. The first-order chi connectivity index (χ1) is 17.8. The van der Waals surface area contributed by atoms with Crippen molar-refractivity contribution in [3.05, 3.63) is 82.9 Å². The molecule has 2 aromatic rings. The third-order valence-corrected chi connectivity index (χ3v) is 7.15. The number of carbonyl (C=O) groups excluding carboxylic acids is 2. The molecular weight excluding hydrogens is 472 g/mol. The molecule has 0 spiro atoms. The van der Waals surface area contributed by atoms with Crippen molar-refractivity contribution in [2.75, 3.05) is 13.1 Å². The van der Waals surface area contributed by atoms with Gasteiger partial charge in [0, 0.05) is 37.3 Å². The maximum Gasteiger partial charge on any atom is 0.238 e. The van der Waals surface area contributed by atoms with Gasteiger partial charge in [-0.3, -0.25) is 19.4 Å². The summed E-state index contributed by atoms with van der Waals surface area (Å²) < 4.78 is 0. The highest BCUT2D eigenvalue weighted by Gasteiger charge is 2.36. The minimum absolute atomic E-state index is 0.0501. The quantitative estimate of drug-likeness (QED) is 0.564. The Morgan fingerprint density at radius 2 is 1.05 bits per heavy atom. The molecule has 2 aliphatic heterocycles. The second-order valence-corrected chi connectivity index (χ2v) is 13.0. The number of fused-ring (bicyclic) bond motifs is 2. The lowest BCUT2D eigenvalue weighted by atomic mass is 9.91. The van der Waals surface area contributed by atoms with E-state index in [-0.39, 0.29) is 35.0 Å². The Labute approximate surface area is 228 Å². The topological polar surface area (TPSA) is 64.7 Å². The Bertz CT molecular complexity index is 1100. The van der Waals surface area contributed by atoms with Crippen LogP contribution in [0.25, 0.3) is 0 Å². The standard InChI is InChI=1S/C32H44N4O2/c1-22(18-35-20-25-14-10-8-12-23(25)16-27(35)29(37)33-31(2,3)4)19-36-21-26-15-11-9-13-24(26)17-28(36)30(38)34-32(5,6)7/h8-15,27-28H,1,16-21H2,2-7H3,(H,33,37)(H,34,38). The van der Waals surface area contributed by atoms with E-state index in [1.54, 1.807) is 0 Å². The third kappa shape index (κ3) is 7.12. The normalized spacial score (nSPS) is 20.3. The summed E-state index contributed by atoms with van der Waals surface area (Å²) in [6.45, 7) is 19.1. The second kappa shape index (κ2) is 11.0. The molecule has 4 rings (SSSR count). The molecular formula is C32H44N4O2. The van der Waals surface area contributed by atoms with Crippen molar-refractivity contribution in [3.63, 3.8) is 0 Å². The molecule has 0 fully saturated rings. The predicted molar refractivity (Wildman–Crippen MR) is 154 cm³/mol. The minimum atomic E-state index is -0.300. The van der Waals surface area contributed by atoms with Gasteiger partial charge >= 0.3 is 0 Å². The van der Waals surface area contributed by atoms with Crippen LogP contribution in [0.2, 0.25) is 0 Å². The number of amides is 2. The minimum Gasteiger partial charge on any atom is -0.350 e. The number of carbonyl (C=O) groups is 2. The molecule has 2 unspecified atom stereocenters.